The molecule has 0 aliphatic carbocycles. The molecule has 6 heteroatoms. The van der Waals surface area contributed by atoms with Gasteiger partial charge in [0.2, 0.25) is 10.0 Å². The molecule has 2 heterocycles. The fourth-order valence-electron chi connectivity index (χ4n) is 2.53. The standard InChI is InChI=1S/C12H19N3O2S/c1-9-3-10(2)8-15(7-9)18(16,17)12-4-11(13)5-14-6-12/h4-6,9-10H,3,7-8,13H2,1-2H3. The smallest absolute Gasteiger partial charge is 0.244 e. The molecular formula is C12H19N3O2S. The topological polar surface area (TPSA) is 76.3 Å². The van der Waals surface area contributed by atoms with Crippen molar-refractivity contribution in [2.75, 3.05) is 18.8 Å². The van der Waals surface area contributed by atoms with E-state index in [1.807, 2.05) is 0 Å². The summed E-state index contributed by atoms with van der Waals surface area (Å²) in [5.41, 5.74) is 5.96. The Hall–Kier alpha value is -1.14. The first kappa shape index (κ1) is 13.3. The predicted molar refractivity (Wildman–Crippen MR) is 70.4 cm³/mol. The number of piperidine rings is 1. The number of hydrogen-bond donors (Lipinski definition) is 1. The minimum Gasteiger partial charge on any atom is -0.397 e. The van der Waals surface area contributed by atoms with Gasteiger partial charge in [-0.1, -0.05) is 13.8 Å². The summed E-state index contributed by atoms with van der Waals surface area (Å²) in [5, 5.41) is 0. The second-order valence-electron chi connectivity index (χ2n) is 5.22. The zero-order valence-corrected chi connectivity index (χ0v) is 11.5. The van der Waals surface area contributed by atoms with Crippen LogP contribution >= 0.6 is 0 Å². The molecule has 0 amide bonds. The summed E-state index contributed by atoms with van der Waals surface area (Å²) in [6.45, 7) is 5.30. The Morgan fingerprint density at radius 3 is 2.44 bits per heavy atom. The van der Waals surface area contributed by atoms with Gasteiger partial charge in [0.15, 0.2) is 0 Å². The first-order chi connectivity index (χ1) is 8.39. The summed E-state index contributed by atoms with van der Waals surface area (Å²) in [5.74, 6) is 0.773. The monoisotopic (exact) mass is 269 g/mol. The van der Waals surface area contributed by atoms with E-state index in [1.54, 1.807) is 4.31 Å². The molecule has 2 rings (SSSR count). The summed E-state index contributed by atoms with van der Waals surface area (Å²) in [6.07, 6.45) is 3.87. The van der Waals surface area contributed by atoms with Crippen LogP contribution in [-0.4, -0.2) is 30.8 Å². The summed E-state index contributed by atoms with van der Waals surface area (Å²) in [7, 11) is -3.46. The number of nitrogen functional groups attached to an aromatic ring is 1. The minimum atomic E-state index is -3.46. The Bertz CT molecular complexity index is 520. The molecule has 5 nitrogen and oxygen atoms in total. The van der Waals surface area contributed by atoms with Crippen molar-refractivity contribution in [1.82, 2.24) is 9.29 Å². The van der Waals surface area contributed by atoms with Gasteiger partial charge in [-0.05, 0) is 24.3 Å². The van der Waals surface area contributed by atoms with Crippen molar-refractivity contribution >= 4 is 15.7 Å². The molecule has 1 aromatic heterocycles. The van der Waals surface area contributed by atoms with Crippen LogP contribution in [0, 0.1) is 11.8 Å². The molecule has 2 atom stereocenters. The first-order valence-electron chi connectivity index (χ1n) is 6.10. The summed E-state index contributed by atoms with van der Waals surface area (Å²) in [4.78, 5) is 4.04. The zero-order valence-electron chi connectivity index (χ0n) is 10.7. The van der Waals surface area contributed by atoms with Gasteiger partial charge < -0.3 is 5.73 Å². The van der Waals surface area contributed by atoms with Crippen molar-refractivity contribution in [1.29, 1.82) is 0 Å². The van der Waals surface area contributed by atoms with Crippen molar-refractivity contribution in [2.24, 2.45) is 11.8 Å². The molecule has 0 spiro atoms. The quantitative estimate of drug-likeness (QED) is 0.878. The Morgan fingerprint density at radius 2 is 1.89 bits per heavy atom. The van der Waals surface area contributed by atoms with Crippen molar-refractivity contribution in [3.05, 3.63) is 18.5 Å². The molecule has 1 fully saturated rings. The lowest BCUT2D eigenvalue weighted by Crippen LogP contribution is -2.42. The van der Waals surface area contributed by atoms with Crippen LogP contribution < -0.4 is 5.73 Å². The lowest BCUT2D eigenvalue weighted by Gasteiger charge is -2.33. The predicted octanol–water partition coefficient (Wildman–Crippen LogP) is 1.33. The average Bonchev–Trinajstić information content (AvgIpc) is 2.27. The summed E-state index contributed by atoms with van der Waals surface area (Å²) in [6, 6.07) is 1.46. The second-order valence-corrected chi connectivity index (χ2v) is 7.16. The molecule has 0 saturated carbocycles. The normalized spacial score (nSPS) is 26.1. The molecular weight excluding hydrogens is 250 g/mol. The van der Waals surface area contributed by atoms with Gasteiger partial charge in [0.05, 0.1) is 5.69 Å². The van der Waals surface area contributed by atoms with Crippen LogP contribution in [0.4, 0.5) is 5.69 Å². The number of sulfonamides is 1. The van der Waals surface area contributed by atoms with Gasteiger partial charge in [0.1, 0.15) is 4.90 Å². The minimum absolute atomic E-state index is 0.184. The number of rotatable bonds is 2. The van der Waals surface area contributed by atoms with Crippen LogP contribution in [0.1, 0.15) is 20.3 Å². The molecule has 0 bridgehead atoms. The molecule has 18 heavy (non-hydrogen) atoms. The van der Waals surface area contributed by atoms with E-state index in [1.165, 1.54) is 18.5 Å². The van der Waals surface area contributed by atoms with Crippen molar-refractivity contribution in [3.63, 3.8) is 0 Å². The summed E-state index contributed by atoms with van der Waals surface area (Å²) < 4.78 is 26.5. The highest BCUT2D eigenvalue weighted by Crippen LogP contribution is 2.26. The van der Waals surface area contributed by atoms with Gasteiger partial charge in [-0.3, -0.25) is 4.98 Å². The third-order valence-corrected chi connectivity index (χ3v) is 5.00. The van der Waals surface area contributed by atoms with Crippen molar-refractivity contribution < 1.29 is 8.42 Å². The number of aromatic nitrogens is 1. The highest BCUT2D eigenvalue weighted by molar-refractivity contribution is 7.89. The molecule has 0 aromatic carbocycles. The maximum Gasteiger partial charge on any atom is 0.244 e. The van der Waals surface area contributed by atoms with E-state index < -0.39 is 10.0 Å². The van der Waals surface area contributed by atoms with Crippen LogP contribution in [-0.2, 0) is 10.0 Å². The van der Waals surface area contributed by atoms with Crippen molar-refractivity contribution in [2.45, 2.75) is 25.2 Å². The molecule has 0 radical (unpaired) electrons. The molecule has 1 aliphatic rings. The van der Waals surface area contributed by atoms with E-state index in [0.29, 0.717) is 30.6 Å². The number of pyridine rings is 1. The van der Waals surface area contributed by atoms with E-state index in [-0.39, 0.29) is 4.90 Å². The van der Waals surface area contributed by atoms with E-state index in [9.17, 15) is 8.42 Å². The van der Waals surface area contributed by atoms with E-state index in [2.05, 4.69) is 18.8 Å². The van der Waals surface area contributed by atoms with Crippen LogP contribution in [0.2, 0.25) is 0 Å². The Balaban J connectivity index is 2.31. The van der Waals surface area contributed by atoms with Crippen LogP contribution in [0.25, 0.3) is 0 Å². The number of nitrogens with zero attached hydrogens (tertiary/aromatic N) is 2. The molecule has 1 aliphatic heterocycles. The SMILES string of the molecule is CC1CC(C)CN(S(=O)(=O)c2cncc(N)c2)C1. The van der Waals surface area contributed by atoms with E-state index in [0.717, 1.165) is 6.42 Å². The van der Waals surface area contributed by atoms with Gasteiger partial charge in [0.25, 0.3) is 0 Å². The Labute approximate surface area is 108 Å². The van der Waals surface area contributed by atoms with Crippen LogP contribution in [0.3, 0.4) is 0 Å². The van der Waals surface area contributed by atoms with Crippen molar-refractivity contribution in [3.8, 4) is 0 Å². The fraction of sp³-hybridized carbons (Fsp3) is 0.583. The third-order valence-electron chi connectivity index (χ3n) is 3.21. The van der Waals surface area contributed by atoms with Gasteiger partial charge in [-0.2, -0.15) is 4.31 Å². The lowest BCUT2D eigenvalue weighted by atomic mass is 9.94. The number of nitrogens with two attached hydrogens (primary N) is 1. The molecule has 2 N–H and O–H groups in total. The molecule has 1 aromatic rings. The Morgan fingerprint density at radius 1 is 1.28 bits per heavy atom. The molecule has 1 saturated heterocycles. The average molecular weight is 269 g/mol. The van der Waals surface area contributed by atoms with Gasteiger partial charge in [0, 0.05) is 25.5 Å². The fourth-order valence-corrected chi connectivity index (χ4v) is 4.21. The van der Waals surface area contributed by atoms with E-state index >= 15 is 0 Å². The maximum absolute atomic E-state index is 12.5. The molecule has 100 valence electrons. The largest absolute Gasteiger partial charge is 0.397 e. The first-order valence-corrected chi connectivity index (χ1v) is 7.54. The number of hydrogen-bond acceptors (Lipinski definition) is 4. The number of anilines is 1. The highest BCUT2D eigenvalue weighted by atomic mass is 32.2. The van der Waals surface area contributed by atoms with E-state index in [4.69, 9.17) is 5.73 Å². The third kappa shape index (κ3) is 2.64. The van der Waals surface area contributed by atoms with Gasteiger partial charge in [-0.25, -0.2) is 8.42 Å². The summed E-state index contributed by atoms with van der Waals surface area (Å²) >= 11 is 0. The van der Waals surface area contributed by atoms with Crippen LogP contribution in [0.15, 0.2) is 23.4 Å². The lowest BCUT2D eigenvalue weighted by molar-refractivity contribution is 0.222. The second kappa shape index (κ2) is 4.85. The zero-order chi connectivity index (χ0) is 13.3. The highest BCUT2D eigenvalue weighted by Gasteiger charge is 2.31. The van der Waals surface area contributed by atoms with Gasteiger partial charge >= 0.3 is 0 Å². The molecule has 2 unspecified atom stereocenters. The van der Waals surface area contributed by atoms with Gasteiger partial charge in [-0.15, -0.1) is 0 Å². The van der Waals surface area contributed by atoms with Crippen LogP contribution in [0.5, 0.6) is 0 Å². The Kier molecular flexibility index (Phi) is 3.59. The maximum atomic E-state index is 12.5.